The Balaban J connectivity index is 1.53. The maximum absolute atomic E-state index is 14.3. The highest BCUT2D eigenvalue weighted by Crippen LogP contribution is 2.64. The number of Topliss-reactive ketones (excluding diaryl/α,β-unsaturated/α-hetero) is 1. The van der Waals surface area contributed by atoms with E-state index in [-0.39, 0.29) is 18.1 Å². The number of ether oxygens (including phenoxy) is 3. The van der Waals surface area contributed by atoms with Crippen LogP contribution in [0.5, 0.6) is 17.2 Å². The highest BCUT2D eigenvalue weighted by molar-refractivity contribution is 6.06. The van der Waals surface area contributed by atoms with Crippen molar-refractivity contribution < 1.29 is 34.0 Å². The standard InChI is InChI=1S/C31H25NO7/c1-37-22-14-12-21(13-15-22)31-25(20-10-6-3-7-11-20)26(28(33)34)30(36,29(31)35)27-24(39-31)16-23(17-32-27)38-18-19-8-4-2-5-9-19/h2-17,25-26,36H,18H2,1H3,(H,33,34)/t25-,26-,30-,31?/m1/s1. The van der Waals surface area contributed by atoms with Crippen LogP contribution in [0.25, 0.3) is 0 Å². The van der Waals surface area contributed by atoms with Gasteiger partial charge in [0.1, 0.15) is 35.5 Å². The lowest BCUT2D eigenvalue weighted by atomic mass is 9.75. The van der Waals surface area contributed by atoms with Gasteiger partial charge in [0.05, 0.1) is 19.2 Å². The van der Waals surface area contributed by atoms with Crippen LogP contribution >= 0.6 is 0 Å². The van der Waals surface area contributed by atoms with E-state index in [4.69, 9.17) is 14.2 Å². The number of aliphatic hydroxyl groups is 1. The van der Waals surface area contributed by atoms with Gasteiger partial charge in [-0.2, -0.15) is 0 Å². The summed E-state index contributed by atoms with van der Waals surface area (Å²) in [4.78, 5) is 31.5. The Bertz CT molecular complexity index is 1540. The van der Waals surface area contributed by atoms with Crippen molar-refractivity contribution in [1.29, 1.82) is 0 Å². The highest BCUT2D eigenvalue weighted by Gasteiger charge is 2.76. The Hall–Kier alpha value is -4.69. The van der Waals surface area contributed by atoms with Gasteiger partial charge in [-0.3, -0.25) is 9.59 Å². The summed E-state index contributed by atoms with van der Waals surface area (Å²) in [5, 5.41) is 22.6. The number of carboxylic acid groups (broad SMARTS) is 1. The van der Waals surface area contributed by atoms with Crippen molar-refractivity contribution in [1.82, 2.24) is 4.98 Å². The third-order valence-electron chi connectivity index (χ3n) is 7.56. The van der Waals surface area contributed by atoms with E-state index < -0.39 is 34.8 Å². The predicted molar refractivity (Wildman–Crippen MR) is 140 cm³/mol. The smallest absolute Gasteiger partial charge is 0.311 e. The minimum Gasteiger partial charge on any atom is -0.497 e. The van der Waals surface area contributed by atoms with Crippen LogP contribution in [0.2, 0.25) is 0 Å². The molecule has 0 amide bonds. The molecule has 1 aromatic heterocycles. The lowest BCUT2D eigenvalue weighted by Crippen LogP contribution is -2.51. The Morgan fingerprint density at radius 2 is 1.64 bits per heavy atom. The van der Waals surface area contributed by atoms with E-state index in [0.29, 0.717) is 22.6 Å². The third kappa shape index (κ3) is 3.67. The Kier molecular flexibility index (Phi) is 5.84. The largest absolute Gasteiger partial charge is 0.497 e. The summed E-state index contributed by atoms with van der Waals surface area (Å²) in [6, 6.07) is 26.5. The molecule has 1 aliphatic carbocycles. The van der Waals surface area contributed by atoms with E-state index in [0.717, 1.165) is 5.56 Å². The molecule has 4 aromatic rings. The first kappa shape index (κ1) is 24.6. The summed E-state index contributed by atoms with van der Waals surface area (Å²) in [5.74, 6) is -3.76. The van der Waals surface area contributed by atoms with Crippen LogP contribution in [0.1, 0.15) is 28.3 Å². The molecule has 1 fully saturated rings. The zero-order valence-electron chi connectivity index (χ0n) is 21.0. The highest BCUT2D eigenvalue weighted by atomic mass is 16.5. The Morgan fingerprint density at radius 3 is 2.28 bits per heavy atom. The molecule has 2 bridgehead atoms. The van der Waals surface area contributed by atoms with Crippen LogP contribution in [0.3, 0.4) is 0 Å². The number of carbonyl (C=O) groups is 2. The Morgan fingerprint density at radius 1 is 0.974 bits per heavy atom. The summed E-state index contributed by atoms with van der Waals surface area (Å²) in [5.41, 5.74) is -2.57. The quantitative estimate of drug-likeness (QED) is 0.370. The molecular weight excluding hydrogens is 498 g/mol. The predicted octanol–water partition coefficient (Wildman–Crippen LogP) is 4.21. The van der Waals surface area contributed by atoms with Gasteiger partial charge >= 0.3 is 5.97 Å². The van der Waals surface area contributed by atoms with Crippen molar-refractivity contribution >= 4 is 11.8 Å². The maximum Gasteiger partial charge on any atom is 0.311 e. The Labute approximate surface area is 224 Å². The van der Waals surface area contributed by atoms with Gasteiger partial charge in [0, 0.05) is 11.6 Å². The number of benzene rings is 3. The van der Waals surface area contributed by atoms with Crippen molar-refractivity contribution in [3.05, 3.63) is 120 Å². The first-order valence-electron chi connectivity index (χ1n) is 12.5. The molecule has 6 rings (SSSR count). The first-order valence-corrected chi connectivity index (χ1v) is 12.5. The van der Waals surface area contributed by atoms with E-state index in [1.54, 1.807) is 60.7 Å². The number of aromatic nitrogens is 1. The third-order valence-corrected chi connectivity index (χ3v) is 7.56. The zero-order valence-corrected chi connectivity index (χ0v) is 21.0. The molecule has 1 unspecified atom stereocenters. The van der Waals surface area contributed by atoms with Gasteiger partial charge in [-0.25, -0.2) is 4.98 Å². The van der Waals surface area contributed by atoms with Gasteiger partial charge in [-0.1, -0.05) is 72.8 Å². The number of nitrogens with zero attached hydrogens (tertiary/aromatic N) is 1. The second kappa shape index (κ2) is 9.25. The molecule has 8 heteroatoms. The molecule has 0 spiro atoms. The van der Waals surface area contributed by atoms with Crippen LogP contribution < -0.4 is 14.2 Å². The SMILES string of the molecule is COc1ccc(C23Oc4cc(OCc5ccccc5)cnc4[C@@](O)(C2=O)[C@@H](C(=O)O)[C@H]3c2ccccc2)cc1. The van der Waals surface area contributed by atoms with E-state index in [1.165, 1.54) is 13.3 Å². The molecule has 3 aromatic carbocycles. The molecule has 2 N–H and O–H groups in total. The molecular formula is C31H25NO7. The lowest BCUT2D eigenvalue weighted by molar-refractivity contribution is -0.161. The monoisotopic (exact) mass is 523 g/mol. The number of methoxy groups -OCH3 is 1. The average molecular weight is 524 g/mol. The van der Waals surface area contributed by atoms with Crippen LogP contribution in [0.15, 0.2) is 97.2 Å². The number of pyridine rings is 1. The van der Waals surface area contributed by atoms with Crippen molar-refractivity contribution in [2.24, 2.45) is 5.92 Å². The minimum atomic E-state index is -2.45. The molecule has 1 aliphatic heterocycles. The van der Waals surface area contributed by atoms with E-state index in [9.17, 15) is 19.8 Å². The molecule has 1 saturated carbocycles. The molecule has 2 heterocycles. The number of fused-ring (bicyclic) bond motifs is 4. The number of aliphatic carboxylic acids is 1. The topological polar surface area (TPSA) is 115 Å². The fourth-order valence-corrected chi connectivity index (χ4v) is 5.81. The normalized spacial score (nSPS) is 24.9. The summed E-state index contributed by atoms with van der Waals surface area (Å²) in [6.45, 7) is 0.262. The van der Waals surface area contributed by atoms with Gasteiger partial charge in [0.15, 0.2) is 5.60 Å². The molecule has 0 saturated heterocycles. The fourth-order valence-electron chi connectivity index (χ4n) is 5.81. The number of rotatable bonds is 7. The number of carbonyl (C=O) groups excluding carboxylic acids is 1. The first-order chi connectivity index (χ1) is 18.9. The zero-order chi connectivity index (χ0) is 27.2. The van der Waals surface area contributed by atoms with Crippen molar-refractivity contribution in [3.63, 3.8) is 0 Å². The van der Waals surface area contributed by atoms with E-state index >= 15 is 0 Å². The average Bonchev–Trinajstić information content (AvgIpc) is 3.10. The van der Waals surface area contributed by atoms with Crippen LogP contribution in [-0.2, 0) is 27.4 Å². The van der Waals surface area contributed by atoms with Crippen molar-refractivity contribution in [2.75, 3.05) is 7.11 Å². The molecule has 39 heavy (non-hydrogen) atoms. The minimum absolute atomic E-state index is 0.0863. The van der Waals surface area contributed by atoms with E-state index in [1.807, 2.05) is 30.3 Å². The van der Waals surface area contributed by atoms with Crippen molar-refractivity contribution in [3.8, 4) is 17.2 Å². The fraction of sp³-hybridized carbons (Fsp3) is 0.194. The van der Waals surface area contributed by atoms with E-state index in [2.05, 4.69) is 4.98 Å². The van der Waals surface area contributed by atoms with Crippen LogP contribution in [0, 0.1) is 5.92 Å². The lowest BCUT2D eigenvalue weighted by Gasteiger charge is -2.39. The summed E-state index contributed by atoms with van der Waals surface area (Å²) >= 11 is 0. The van der Waals surface area contributed by atoms with Crippen molar-refractivity contribution in [2.45, 2.75) is 23.7 Å². The maximum atomic E-state index is 14.3. The van der Waals surface area contributed by atoms with Gasteiger partial charge in [-0.05, 0) is 23.3 Å². The summed E-state index contributed by atoms with van der Waals surface area (Å²) in [7, 11) is 1.52. The van der Waals surface area contributed by atoms with Crippen LogP contribution in [-0.4, -0.2) is 34.1 Å². The molecule has 2 aliphatic rings. The number of carboxylic acids is 1. The van der Waals surface area contributed by atoms with Gasteiger partial charge in [-0.15, -0.1) is 0 Å². The molecule has 196 valence electrons. The number of hydrogen-bond acceptors (Lipinski definition) is 7. The van der Waals surface area contributed by atoms with Gasteiger partial charge in [0.25, 0.3) is 0 Å². The second-order valence-corrected chi connectivity index (χ2v) is 9.66. The van der Waals surface area contributed by atoms with Gasteiger partial charge in [0.2, 0.25) is 11.4 Å². The summed E-state index contributed by atoms with van der Waals surface area (Å²) < 4.78 is 17.7. The molecule has 8 nitrogen and oxygen atoms in total. The molecule has 4 atom stereocenters. The number of ketones is 1. The molecule has 0 radical (unpaired) electrons. The second-order valence-electron chi connectivity index (χ2n) is 9.66. The number of hydrogen-bond donors (Lipinski definition) is 2. The van der Waals surface area contributed by atoms with Crippen LogP contribution in [0.4, 0.5) is 0 Å². The summed E-state index contributed by atoms with van der Waals surface area (Å²) in [6.07, 6.45) is 1.37. The van der Waals surface area contributed by atoms with Gasteiger partial charge < -0.3 is 24.4 Å².